The molecule has 0 saturated carbocycles. The first-order valence-corrected chi connectivity index (χ1v) is 7.03. The van der Waals surface area contributed by atoms with Gasteiger partial charge in [-0.25, -0.2) is 4.79 Å². The van der Waals surface area contributed by atoms with Crippen molar-refractivity contribution in [2.45, 2.75) is 45.8 Å². The van der Waals surface area contributed by atoms with Crippen LogP contribution >= 0.6 is 0 Å². The van der Waals surface area contributed by atoms with Gasteiger partial charge in [0.2, 0.25) is 5.91 Å². The van der Waals surface area contributed by atoms with E-state index in [9.17, 15) is 9.59 Å². The summed E-state index contributed by atoms with van der Waals surface area (Å²) in [6.45, 7) is 8.12. The van der Waals surface area contributed by atoms with Crippen LogP contribution in [-0.2, 0) is 9.53 Å². The first kappa shape index (κ1) is 15.8. The molecule has 6 heteroatoms. The maximum absolute atomic E-state index is 12.0. The van der Waals surface area contributed by atoms with Crippen LogP contribution in [0.1, 0.15) is 33.6 Å². The standard InChI is InChI=1S/C13H25N3O3/c1-4-16(5-2)12(17)10(3)15-13(18)14-9-11-7-6-8-19-11/h10-11H,4-9H2,1-3H3,(H2,14,15,18)/t10-,11-/m1/s1. The van der Waals surface area contributed by atoms with Gasteiger partial charge in [0.1, 0.15) is 6.04 Å². The molecule has 0 unspecified atom stereocenters. The van der Waals surface area contributed by atoms with E-state index in [1.54, 1.807) is 11.8 Å². The Hall–Kier alpha value is -1.30. The van der Waals surface area contributed by atoms with Crippen molar-refractivity contribution >= 4 is 11.9 Å². The van der Waals surface area contributed by atoms with Crippen LogP contribution in [0.15, 0.2) is 0 Å². The van der Waals surface area contributed by atoms with Gasteiger partial charge in [-0.15, -0.1) is 0 Å². The average molecular weight is 271 g/mol. The Morgan fingerprint density at radius 1 is 1.37 bits per heavy atom. The molecule has 1 aliphatic rings. The third-order valence-corrected chi connectivity index (χ3v) is 3.31. The van der Waals surface area contributed by atoms with Crippen molar-refractivity contribution in [1.82, 2.24) is 15.5 Å². The Labute approximate surface area is 114 Å². The summed E-state index contributed by atoms with van der Waals surface area (Å²) in [5.74, 6) is -0.0581. The predicted molar refractivity (Wildman–Crippen MR) is 72.9 cm³/mol. The molecule has 1 fully saturated rings. The lowest BCUT2D eigenvalue weighted by Crippen LogP contribution is -2.50. The molecule has 0 aliphatic carbocycles. The molecule has 1 saturated heterocycles. The number of nitrogens with one attached hydrogen (secondary N) is 2. The van der Waals surface area contributed by atoms with Crippen molar-refractivity contribution in [2.24, 2.45) is 0 Å². The van der Waals surface area contributed by atoms with Crippen LogP contribution in [0.3, 0.4) is 0 Å². The Morgan fingerprint density at radius 3 is 2.58 bits per heavy atom. The second-order valence-electron chi connectivity index (χ2n) is 4.72. The van der Waals surface area contributed by atoms with Crippen molar-refractivity contribution in [3.8, 4) is 0 Å². The highest BCUT2D eigenvalue weighted by Crippen LogP contribution is 2.10. The van der Waals surface area contributed by atoms with E-state index < -0.39 is 6.04 Å². The number of nitrogens with zero attached hydrogens (tertiary/aromatic N) is 1. The van der Waals surface area contributed by atoms with E-state index in [2.05, 4.69) is 10.6 Å². The molecule has 0 bridgehead atoms. The highest BCUT2D eigenvalue weighted by atomic mass is 16.5. The molecule has 1 aliphatic heterocycles. The molecular weight excluding hydrogens is 246 g/mol. The summed E-state index contributed by atoms with van der Waals surface area (Å²) in [5.41, 5.74) is 0. The second-order valence-corrected chi connectivity index (χ2v) is 4.72. The number of carbonyl (C=O) groups is 2. The van der Waals surface area contributed by atoms with Gasteiger partial charge in [0, 0.05) is 26.2 Å². The predicted octanol–water partition coefficient (Wildman–Crippen LogP) is 0.722. The highest BCUT2D eigenvalue weighted by Gasteiger charge is 2.21. The molecule has 2 N–H and O–H groups in total. The summed E-state index contributed by atoms with van der Waals surface area (Å²) in [6.07, 6.45) is 2.14. The van der Waals surface area contributed by atoms with E-state index in [0.717, 1.165) is 19.4 Å². The summed E-state index contributed by atoms with van der Waals surface area (Å²) in [4.78, 5) is 25.3. The van der Waals surface area contributed by atoms with Gasteiger partial charge in [-0.1, -0.05) is 0 Å². The van der Waals surface area contributed by atoms with Gasteiger partial charge >= 0.3 is 6.03 Å². The van der Waals surface area contributed by atoms with Crippen molar-refractivity contribution in [3.63, 3.8) is 0 Å². The minimum atomic E-state index is -0.510. The fraction of sp³-hybridized carbons (Fsp3) is 0.846. The lowest BCUT2D eigenvalue weighted by atomic mass is 10.2. The topological polar surface area (TPSA) is 70.7 Å². The van der Waals surface area contributed by atoms with Gasteiger partial charge < -0.3 is 20.3 Å². The maximum atomic E-state index is 12.0. The van der Waals surface area contributed by atoms with Gasteiger partial charge in [0.15, 0.2) is 0 Å². The maximum Gasteiger partial charge on any atom is 0.315 e. The zero-order chi connectivity index (χ0) is 14.3. The van der Waals surface area contributed by atoms with E-state index in [-0.39, 0.29) is 18.0 Å². The molecule has 0 aromatic carbocycles. The normalized spacial score (nSPS) is 19.8. The summed E-state index contributed by atoms with van der Waals surface area (Å²) < 4.78 is 5.41. The van der Waals surface area contributed by atoms with E-state index in [0.29, 0.717) is 19.6 Å². The molecule has 0 aromatic rings. The Balaban J connectivity index is 2.28. The molecule has 110 valence electrons. The molecule has 2 atom stereocenters. The van der Waals surface area contributed by atoms with Crippen LogP contribution in [-0.4, -0.2) is 55.2 Å². The first-order chi connectivity index (χ1) is 9.08. The highest BCUT2D eigenvalue weighted by molar-refractivity contribution is 5.86. The molecule has 6 nitrogen and oxygen atoms in total. The van der Waals surface area contributed by atoms with Gasteiger partial charge in [-0.3, -0.25) is 4.79 Å². The SMILES string of the molecule is CCN(CC)C(=O)[C@@H](C)NC(=O)NC[C@H]1CCCO1. The zero-order valence-electron chi connectivity index (χ0n) is 12.1. The van der Waals surface area contributed by atoms with Crippen LogP contribution in [0, 0.1) is 0 Å². The molecule has 1 heterocycles. The Bertz CT molecular complexity index is 300. The first-order valence-electron chi connectivity index (χ1n) is 7.03. The Kier molecular flexibility index (Phi) is 6.62. The van der Waals surface area contributed by atoms with E-state index >= 15 is 0 Å². The summed E-state index contributed by atoms with van der Waals surface area (Å²) in [5, 5.41) is 5.40. The summed E-state index contributed by atoms with van der Waals surface area (Å²) in [6, 6.07) is -0.826. The quantitative estimate of drug-likeness (QED) is 0.748. The van der Waals surface area contributed by atoms with Crippen molar-refractivity contribution in [2.75, 3.05) is 26.2 Å². The average Bonchev–Trinajstić information content (AvgIpc) is 2.90. The number of urea groups is 1. The summed E-state index contributed by atoms with van der Waals surface area (Å²) in [7, 11) is 0. The largest absolute Gasteiger partial charge is 0.376 e. The van der Waals surface area contributed by atoms with Crippen LogP contribution in [0.2, 0.25) is 0 Å². The molecule has 3 amide bonds. The van der Waals surface area contributed by atoms with Gasteiger partial charge in [0.05, 0.1) is 6.10 Å². The number of hydrogen-bond acceptors (Lipinski definition) is 3. The molecule has 0 aromatic heterocycles. The minimum Gasteiger partial charge on any atom is -0.376 e. The van der Waals surface area contributed by atoms with Gasteiger partial charge in [0.25, 0.3) is 0 Å². The number of carbonyl (C=O) groups excluding carboxylic acids is 2. The van der Waals surface area contributed by atoms with Crippen molar-refractivity contribution in [1.29, 1.82) is 0 Å². The number of hydrogen-bond donors (Lipinski definition) is 2. The molecular formula is C13H25N3O3. The third-order valence-electron chi connectivity index (χ3n) is 3.31. The minimum absolute atomic E-state index is 0.0581. The smallest absolute Gasteiger partial charge is 0.315 e. The lowest BCUT2D eigenvalue weighted by Gasteiger charge is -2.23. The van der Waals surface area contributed by atoms with Crippen LogP contribution in [0.5, 0.6) is 0 Å². The monoisotopic (exact) mass is 271 g/mol. The van der Waals surface area contributed by atoms with Gasteiger partial charge in [-0.2, -0.15) is 0 Å². The number of ether oxygens (including phenoxy) is 1. The van der Waals surface area contributed by atoms with Crippen molar-refractivity contribution in [3.05, 3.63) is 0 Å². The number of rotatable bonds is 6. The molecule has 0 spiro atoms. The zero-order valence-corrected chi connectivity index (χ0v) is 12.1. The Morgan fingerprint density at radius 2 is 2.05 bits per heavy atom. The molecule has 19 heavy (non-hydrogen) atoms. The van der Waals surface area contributed by atoms with Crippen LogP contribution < -0.4 is 10.6 Å². The van der Waals surface area contributed by atoms with E-state index in [4.69, 9.17) is 4.74 Å². The second kappa shape index (κ2) is 7.99. The third kappa shape index (κ3) is 5.06. The number of amides is 3. The molecule has 1 rings (SSSR count). The van der Waals surface area contributed by atoms with Gasteiger partial charge in [-0.05, 0) is 33.6 Å². The summed E-state index contributed by atoms with van der Waals surface area (Å²) >= 11 is 0. The fourth-order valence-electron chi connectivity index (χ4n) is 2.13. The van der Waals surface area contributed by atoms with E-state index in [1.807, 2.05) is 13.8 Å². The van der Waals surface area contributed by atoms with Crippen molar-refractivity contribution < 1.29 is 14.3 Å². The van der Waals surface area contributed by atoms with Crippen LogP contribution in [0.25, 0.3) is 0 Å². The van der Waals surface area contributed by atoms with E-state index in [1.165, 1.54) is 0 Å². The fourth-order valence-corrected chi connectivity index (χ4v) is 2.13. The lowest BCUT2D eigenvalue weighted by molar-refractivity contribution is -0.132. The number of likely N-dealkylation sites (N-methyl/N-ethyl adjacent to an activating group) is 1. The van der Waals surface area contributed by atoms with Crippen LogP contribution in [0.4, 0.5) is 4.79 Å². The molecule has 0 radical (unpaired) electrons.